The summed E-state index contributed by atoms with van der Waals surface area (Å²) < 4.78 is 26.4. The van der Waals surface area contributed by atoms with E-state index in [-0.39, 0.29) is 108 Å². The van der Waals surface area contributed by atoms with Crippen LogP contribution in [0.3, 0.4) is 0 Å². The minimum atomic E-state index is -1.19. The molecule has 0 saturated carbocycles. The first-order chi connectivity index (χ1) is 25.6. The van der Waals surface area contributed by atoms with E-state index in [0.717, 1.165) is 51.4 Å². The number of hydrogen-bond donors (Lipinski definition) is 6. The van der Waals surface area contributed by atoms with Gasteiger partial charge < -0.3 is 55.6 Å². The topological polar surface area (TPSA) is 251 Å². The van der Waals surface area contributed by atoms with Gasteiger partial charge in [-0.2, -0.15) is 0 Å². The zero-order valence-corrected chi connectivity index (χ0v) is 30.6. The number of ether oxygens (including phenoxy) is 5. The summed E-state index contributed by atoms with van der Waals surface area (Å²) in [5.74, 6) is -3.07. The smallest absolute Gasteiger partial charge is 0.335 e. The number of carboxylic acid groups (broad SMARTS) is 2. The van der Waals surface area contributed by atoms with E-state index < -0.39 is 23.9 Å². The zero-order chi connectivity index (χ0) is 38.9. The Bertz CT molecular complexity index is 1200. The normalized spacial score (nSPS) is 11.4. The van der Waals surface area contributed by atoms with Crippen molar-refractivity contribution >= 4 is 35.6 Å². The highest BCUT2D eigenvalue weighted by Crippen LogP contribution is 2.14. The van der Waals surface area contributed by atoms with E-state index >= 15 is 0 Å². The molecule has 0 fully saturated rings. The molecule has 0 unspecified atom stereocenters. The van der Waals surface area contributed by atoms with Crippen LogP contribution < -0.4 is 26.4 Å². The van der Waals surface area contributed by atoms with E-state index in [2.05, 4.69) is 16.0 Å². The van der Waals surface area contributed by atoms with Crippen molar-refractivity contribution in [2.24, 2.45) is 5.73 Å². The molecule has 0 saturated heterocycles. The van der Waals surface area contributed by atoms with Gasteiger partial charge in [-0.1, -0.05) is 44.9 Å². The molecule has 1 atom stereocenters. The molecule has 0 aliphatic carbocycles. The van der Waals surface area contributed by atoms with E-state index in [4.69, 9.17) is 34.5 Å². The fraction of sp³-hybridized carbons (Fsp3) is 0.667. The highest BCUT2D eigenvalue weighted by atomic mass is 16.5. The Morgan fingerprint density at radius 2 is 1.11 bits per heavy atom. The standard InChI is InChI=1S/C36H58N4O13/c37-31(41)26-51-24-22-50-21-18-39-34(44)27-52-25-23-49-20-17-38-32(42)16-15-30(36(47)48)40-33(43)10-8-6-4-2-1-3-5-7-9-19-53-29-13-11-28(12-14-29)35(45)46/h11-14,30H,1-10,15-27H2,(H2,37,41)(H,38,42)(H,39,44)(H,40,43)(H,45,46)(H,47,48)/t30-/m0/s1. The van der Waals surface area contributed by atoms with Crippen LogP contribution >= 0.6 is 0 Å². The van der Waals surface area contributed by atoms with Gasteiger partial charge in [-0.25, -0.2) is 9.59 Å². The highest BCUT2D eigenvalue weighted by molar-refractivity contribution is 5.87. The largest absolute Gasteiger partial charge is 0.494 e. The Balaban J connectivity index is 1.95. The molecular weight excluding hydrogens is 696 g/mol. The number of unbranched alkanes of at least 4 members (excludes halogenated alkanes) is 8. The van der Waals surface area contributed by atoms with Crippen LogP contribution in [-0.4, -0.2) is 124 Å². The van der Waals surface area contributed by atoms with Gasteiger partial charge in [0.05, 0.1) is 51.8 Å². The van der Waals surface area contributed by atoms with Gasteiger partial charge >= 0.3 is 11.9 Å². The van der Waals surface area contributed by atoms with Gasteiger partial charge in [0.25, 0.3) is 0 Å². The van der Waals surface area contributed by atoms with Crippen LogP contribution in [0.2, 0.25) is 0 Å². The van der Waals surface area contributed by atoms with Gasteiger partial charge in [-0.05, 0) is 43.5 Å². The summed E-state index contributed by atoms with van der Waals surface area (Å²) >= 11 is 0. The highest BCUT2D eigenvalue weighted by Gasteiger charge is 2.20. The molecule has 4 amide bonds. The Kier molecular flexibility index (Phi) is 27.5. The third kappa shape index (κ3) is 27.9. The summed E-state index contributed by atoms with van der Waals surface area (Å²) in [7, 11) is 0. The number of amides is 4. The lowest BCUT2D eigenvalue weighted by Gasteiger charge is -2.14. The molecule has 17 nitrogen and oxygen atoms in total. The molecule has 0 aliphatic heterocycles. The third-order valence-electron chi connectivity index (χ3n) is 7.57. The van der Waals surface area contributed by atoms with Crippen LogP contribution in [0.15, 0.2) is 24.3 Å². The van der Waals surface area contributed by atoms with Crippen molar-refractivity contribution < 1.29 is 62.7 Å². The van der Waals surface area contributed by atoms with Crippen LogP contribution in [0, 0.1) is 0 Å². The van der Waals surface area contributed by atoms with E-state index in [9.17, 15) is 33.9 Å². The lowest BCUT2D eigenvalue weighted by molar-refractivity contribution is -0.142. The van der Waals surface area contributed by atoms with Crippen molar-refractivity contribution in [1.82, 2.24) is 16.0 Å². The lowest BCUT2D eigenvalue weighted by atomic mass is 10.1. The van der Waals surface area contributed by atoms with Gasteiger partial charge in [0.15, 0.2) is 0 Å². The van der Waals surface area contributed by atoms with Crippen molar-refractivity contribution in [3.8, 4) is 5.75 Å². The number of carboxylic acids is 2. The maximum atomic E-state index is 12.3. The van der Waals surface area contributed by atoms with Gasteiger partial charge in [0, 0.05) is 25.9 Å². The van der Waals surface area contributed by atoms with Gasteiger partial charge in [-0.3, -0.25) is 19.2 Å². The van der Waals surface area contributed by atoms with E-state index in [1.54, 1.807) is 12.1 Å². The number of aliphatic carboxylic acids is 1. The molecule has 0 heterocycles. The third-order valence-corrected chi connectivity index (χ3v) is 7.57. The number of carbonyl (C=O) groups is 6. The first-order valence-electron chi connectivity index (χ1n) is 18.2. The van der Waals surface area contributed by atoms with Crippen LogP contribution in [-0.2, 0) is 42.9 Å². The second-order valence-corrected chi connectivity index (χ2v) is 12.1. The van der Waals surface area contributed by atoms with Gasteiger partial charge in [0.1, 0.15) is 25.0 Å². The first kappa shape index (κ1) is 46.7. The van der Waals surface area contributed by atoms with Crippen molar-refractivity contribution in [2.45, 2.75) is 83.1 Å². The molecule has 0 spiro atoms. The second kappa shape index (κ2) is 31.2. The molecule has 0 bridgehead atoms. The number of benzene rings is 1. The molecule has 7 N–H and O–H groups in total. The zero-order valence-electron chi connectivity index (χ0n) is 30.6. The predicted octanol–water partition coefficient (Wildman–Crippen LogP) is 1.80. The summed E-state index contributed by atoms with van der Waals surface area (Å²) in [5, 5.41) is 26.2. The molecule has 1 rings (SSSR count). The molecular formula is C36H58N4O13. The van der Waals surface area contributed by atoms with E-state index in [1.807, 2.05) is 0 Å². The number of primary amides is 1. The maximum Gasteiger partial charge on any atom is 0.335 e. The Labute approximate surface area is 310 Å². The van der Waals surface area contributed by atoms with Crippen LogP contribution in [0.4, 0.5) is 0 Å². The Morgan fingerprint density at radius 1 is 0.585 bits per heavy atom. The van der Waals surface area contributed by atoms with Gasteiger partial charge in [-0.15, -0.1) is 0 Å². The Morgan fingerprint density at radius 3 is 1.68 bits per heavy atom. The second-order valence-electron chi connectivity index (χ2n) is 12.1. The SMILES string of the molecule is NC(=O)COCCOCCNC(=O)COCCOCCNC(=O)CC[C@H](NC(=O)CCCCCCCCCCCOc1ccc(C(=O)O)cc1)C(=O)O. The maximum absolute atomic E-state index is 12.3. The number of aromatic carboxylic acids is 1. The van der Waals surface area contributed by atoms with Crippen LogP contribution in [0.1, 0.15) is 87.4 Å². The summed E-state index contributed by atoms with van der Waals surface area (Å²) in [6.07, 6.45) is 9.03. The van der Waals surface area contributed by atoms with Crippen molar-refractivity contribution in [3.63, 3.8) is 0 Å². The van der Waals surface area contributed by atoms with Crippen molar-refractivity contribution in [3.05, 3.63) is 29.8 Å². The quantitative estimate of drug-likeness (QED) is 0.0542. The van der Waals surface area contributed by atoms with Crippen LogP contribution in [0.5, 0.6) is 5.75 Å². The number of hydrogen-bond acceptors (Lipinski definition) is 11. The summed E-state index contributed by atoms with van der Waals surface area (Å²) in [5.41, 5.74) is 5.17. The average Bonchev–Trinajstić information content (AvgIpc) is 3.12. The number of rotatable bonds is 35. The van der Waals surface area contributed by atoms with E-state index in [0.29, 0.717) is 18.8 Å². The monoisotopic (exact) mass is 754 g/mol. The minimum absolute atomic E-state index is 0.0345. The minimum Gasteiger partial charge on any atom is -0.494 e. The molecule has 1 aromatic carbocycles. The lowest BCUT2D eigenvalue weighted by Crippen LogP contribution is -2.41. The number of nitrogens with two attached hydrogens (primary N) is 1. The molecule has 0 aromatic heterocycles. The summed E-state index contributed by atoms with van der Waals surface area (Å²) in [6, 6.07) is 5.22. The fourth-order valence-corrected chi connectivity index (χ4v) is 4.75. The first-order valence-corrected chi connectivity index (χ1v) is 18.2. The molecule has 0 aliphatic rings. The molecule has 53 heavy (non-hydrogen) atoms. The summed E-state index contributed by atoms with van der Waals surface area (Å²) in [6.45, 7) is 2.10. The molecule has 0 radical (unpaired) electrons. The van der Waals surface area contributed by atoms with Crippen LogP contribution in [0.25, 0.3) is 0 Å². The molecule has 1 aromatic rings. The molecule has 300 valence electrons. The number of nitrogens with one attached hydrogen (secondary N) is 3. The number of carbonyl (C=O) groups excluding carboxylic acids is 4. The van der Waals surface area contributed by atoms with E-state index in [1.165, 1.54) is 12.1 Å². The fourth-order valence-electron chi connectivity index (χ4n) is 4.75. The summed E-state index contributed by atoms with van der Waals surface area (Å²) in [4.78, 5) is 69.2. The van der Waals surface area contributed by atoms with Crippen molar-refractivity contribution in [2.75, 3.05) is 72.6 Å². The van der Waals surface area contributed by atoms with Crippen molar-refractivity contribution in [1.29, 1.82) is 0 Å². The average molecular weight is 755 g/mol. The molecule has 17 heteroatoms. The predicted molar refractivity (Wildman–Crippen MR) is 192 cm³/mol. The Hall–Kier alpha value is -4.32. The van der Waals surface area contributed by atoms with Gasteiger partial charge in [0.2, 0.25) is 23.6 Å².